The molecule has 1 aliphatic carbocycles. The fourth-order valence-electron chi connectivity index (χ4n) is 3.84. The van der Waals surface area contributed by atoms with Crippen molar-refractivity contribution in [3.05, 3.63) is 33.9 Å². The van der Waals surface area contributed by atoms with Gasteiger partial charge in [-0.3, -0.25) is 9.59 Å². The van der Waals surface area contributed by atoms with Gasteiger partial charge in [-0.05, 0) is 25.3 Å². The zero-order valence-corrected chi connectivity index (χ0v) is 15.6. The lowest BCUT2D eigenvalue weighted by Gasteiger charge is -2.35. The van der Waals surface area contributed by atoms with Crippen molar-refractivity contribution in [2.24, 2.45) is 11.7 Å². The molecule has 3 heterocycles. The average molecular weight is 391 g/mol. The number of nitrogens with two attached hydrogens (primary N) is 1. The van der Waals surface area contributed by atoms with Crippen LogP contribution < -0.4 is 16.0 Å². The Morgan fingerprint density at radius 2 is 1.89 bits per heavy atom. The van der Waals surface area contributed by atoms with Crippen molar-refractivity contribution in [3.63, 3.8) is 0 Å². The first-order valence-corrected chi connectivity index (χ1v) is 9.81. The molecule has 9 nitrogen and oxygen atoms in total. The van der Waals surface area contributed by atoms with Gasteiger partial charge in [-0.2, -0.15) is 8.69 Å². The summed E-state index contributed by atoms with van der Waals surface area (Å²) in [6.07, 6.45) is 3.73. The van der Waals surface area contributed by atoms with Gasteiger partial charge in [-0.25, -0.2) is 4.79 Å². The zero-order valence-electron chi connectivity index (χ0n) is 14.7. The van der Waals surface area contributed by atoms with E-state index in [4.69, 9.17) is 5.73 Å². The van der Waals surface area contributed by atoms with E-state index in [9.17, 15) is 19.6 Å². The van der Waals surface area contributed by atoms with Gasteiger partial charge in [0.2, 0.25) is 5.91 Å². The minimum absolute atomic E-state index is 0.0139. The topological polar surface area (TPSA) is 116 Å². The monoisotopic (exact) mass is 391 g/mol. The second kappa shape index (κ2) is 6.93. The number of pyridine rings is 1. The molecule has 2 fully saturated rings. The van der Waals surface area contributed by atoms with Crippen LogP contribution in [0.1, 0.15) is 19.3 Å². The van der Waals surface area contributed by atoms with Gasteiger partial charge in [0.05, 0.1) is 0 Å². The second-order valence-electron chi connectivity index (χ2n) is 7.11. The summed E-state index contributed by atoms with van der Waals surface area (Å²) in [6.45, 7) is 1.61. The van der Waals surface area contributed by atoms with Crippen molar-refractivity contribution in [2.45, 2.75) is 25.3 Å². The molecule has 2 aromatic heterocycles. The van der Waals surface area contributed by atoms with Crippen molar-refractivity contribution in [3.8, 4) is 0 Å². The lowest BCUT2D eigenvalue weighted by Crippen LogP contribution is -2.53. The number of aromatic nitrogens is 2. The predicted octanol–water partition coefficient (Wildman–Crippen LogP) is -0.0639. The molecule has 2 aromatic rings. The van der Waals surface area contributed by atoms with Crippen molar-refractivity contribution >= 4 is 33.7 Å². The van der Waals surface area contributed by atoms with Crippen LogP contribution >= 0.6 is 11.5 Å². The molecule has 1 saturated heterocycles. The highest BCUT2D eigenvalue weighted by Gasteiger charge is 2.34. The summed E-state index contributed by atoms with van der Waals surface area (Å²) in [5, 5.41) is 12.0. The van der Waals surface area contributed by atoms with E-state index in [2.05, 4.69) is 0 Å². The lowest BCUT2D eigenvalue weighted by molar-refractivity contribution is -0.574. The molecule has 2 amide bonds. The van der Waals surface area contributed by atoms with E-state index >= 15 is 0 Å². The Labute approximate surface area is 159 Å². The van der Waals surface area contributed by atoms with Gasteiger partial charge >= 0.3 is 10.9 Å². The van der Waals surface area contributed by atoms with Crippen molar-refractivity contribution in [1.82, 2.24) is 13.8 Å². The minimum Gasteiger partial charge on any atom is -0.618 e. The number of carbonyl (C=O) groups excluding carboxylic acids is 2. The summed E-state index contributed by atoms with van der Waals surface area (Å²) in [7, 11) is 0. The van der Waals surface area contributed by atoms with Crippen LogP contribution in [0.15, 0.2) is 23.1 Å². The van der Waals surface area contributed by atoms with Crippen molar-refractivity contribution in [2.75, 3.05) is 26.2 Å². The summed E-state index contributed by atoms with van der Waals surface area (Å²) in [5.74, 6) is 0.0986. The Morgan fingerprint density at radius 3 is 2.52 bits per heavy atom. The van der Waals surface area contributed by atoms with Crippen LogP contribution in [-0.4, -0.2) is 57.9 Å². The molecule has 0 radical (unpaired) electrons. The Kier molecular flexibility index (Phi) is 4.60. The number of rotatable bonds is 1. The number of fused-ring (bicyclic) bond motifs is 1. The molecular weight excluding hydrogens is 370 g/mol. The molecule has 2 N–H and O–H groups in total. The predicted molar refractivity (Wildman–Crippen MR) is 99.3 cm³/mol. The Bertz CT molecular complexity index is 946. The fourth-order valence-corrected chi connectivity index (χ4v) is 4.78. The quantitative estimate of drug-likeness (QED) is 0.540. The molecule has 1 aliphatic heterocycles. The minimum atomic E-state index is -0.483. The molecule has 0 aromatic carbocycles. The number of hydrogen-bond donors (Lipinski definition) is 1. The number of hydrogen-bond acceptors (Lipinski definition) is 6. The average Bonchev–Trinajstić information content (AvgIpc) is 3.26. The molecule has 0 unspecified atom stereocenters. The maximum atomic E-state index is 12.7. The SMILES string of the molecule is N[C@H]1CC[C@@H](C(=O)N2CCN(C(=O)n3sc4c(ccc[n+]4[O-])c3=O)CC2)C1. The maximum absolute atomic E-state index is 12.7. The first kappa shape index (κ1) is 17.9. The van der Waals surface area contributed by atoms with E-state index in [-0.39, 0.29) is 28.1 Å². The Morgan fingerprint density at radius 1 is 1.19 bits per heavy atom. The standard InChI is InChI=1S/C17H21N5O4S/c18-12-4-3-11(10-12)14(23)19-6-8-20(9-7-19)17(25)22-15(24)13-2-1-5-21(26)16(13)27-22/h1-2,5,11-12H,3-4,6-10,18H2/t11-,12+/m1/s1. The molecule has 2 aliphatic rings. The molecule has 0 spiro atoms. The molecule has 2 atom stereocenters. The molecular formula is C17H21N5O4S. The van der Waals surface area contributed by atoms with Crippen molar-refractivity contribution in [1.29, 1.82) is 0 Å². The highest BCUT2D eigenvalue weighted by atomic mass is 32.1. The number of nitrogens with zero attached hydrogens (tertiary/aromatic N) is 4. The number of amides is 2. The van der Waals surface area contributed by atoms with Crippen LogP contribution in [0.2, 0.25) is 0 Å². The zero-order chi connectivity index (χ0) is 19.1. The van der Waals surface area contributed by atoms with E-state index < -0.39 is 11.6 Å². The molecule has 4 rings (SSSR count). The normalized spacial score (nSPS) is 23.1. The summed E-state index contributed by atoms with van der Waals surface area (Å²) < 4.78 is 1.61. The molecule has 10 heteroatoms. The molecule has 27 heavy (non-hydrogen) atoms. The number of piperazine rings is 1. The second-order valence-corrected chi connectivity index (χ2v) is 8.04. The summed E-state index contributed by atoms with van der Waals surface area (Å²) in [4.78, 5) is 41.3. The lowest BCUT2D eigenvalue weighted by atomic mass is 10.1. The van der Waals surface area contributed by atoms with E-state index in [1.807, 2.05) is 0 Å². The van der Waals surface area contributed by atoms with Gasteiger partial charge in [0.15, 0.2) is 6.20 Å². The highest BCUT2D eigenvalue weighted by Crippen LogP contribution is 2.26. The van der Waals surface area contributed by atoms with E-state index in [0.717, 1.165) is 34.8 Å². The van der Waals surface area contributed by atoms with Crippen LogP contribution in [0.5, 0.6) is 0 Å². The summed E-state index contributed by atoms with van der Waals surface area (Å²) in [6, 6.07) is 2.67. The van der Waals surface area contributed by atoms with Crippen LogP contribution in [0.4, 0.5) is 4.79 Å². The molecule has 0 bridgehead atoms. The van der Waals surface area contributed by atoms with Crippen LogP contribution in [0.3, 0.4) is 0 Å². The van der Waals surface area contributed by atoms with Gasteiger partial charge in [-0.15, -0.1) is 0 Å². The van der Waals surface area contributed by atoms with Crippen LogP contribution in [0.25, 0.3) is 10.2 Å². The number of carbonyl (C=O) groups is 2. The van der Waals surface area contributed by atoms with E-state index in [1.165, 1.54) is 18.3 Å². The summed E-state index contributed by atoms with van der Waals surface area (Å²) in [5.41, 5.74) is 5.41. The van der Waals surface area contributed by atoms with Gasteiger partial charge in [-0.1, -0.05) is 0 Å². The van der Waals surface area contributed by atoms with Crippen molar-refractivity contribution < 1.29 is 14.3 Å². The highest BCUT2D eigenvalue weighted by molar-refractivity contribution is 7.13. The molecule has 144 valence electrons. The van der Waals surface area contributed by atoms with E-state index in [0.29, 0.717) is 30.9 Å². The largest absolute Gasteiger partial charge is 0.618 e. The van der Waals surface area contributed by atoms with Crippen LogP contribution in [0, 0.1) is 11.1 Å². The first-order valence-electron chi connectivity index (χ1n) is 9.03. The third kappa shape index (κ3) is 3.19. The summed E-state index contributed by atoms with van der Waals surface area (Å²) >= 11 is 0.849. The smallest absolute Gasteiger partial charge is 0.341 e. The Hall–Kier alpha value is -2.46. The molecule has 1 saturated carbocycles. The van der Waals surface area contributed by atoms with Gasteiger partial charge in [0, 0.05) is 55.7 Å². The van der Waals surface area contributed by atoms with Gasteiger partial charge in [0.25, 0.3) is 5.56 Å². The van der Waals surface area contributed by atoms with Gasteiger partial charge in [0.1, 0.15) is 5.39 Å². The van der Waals surface area contributed by atoms with Gasteiger partial charge < -0.3 is 20.7 Å². The van der Waals surface area contributed by atoms with E-state index in [1.54, 1.807) is 9.80 Å². The fraction of sp³-hybridized carbons (Fsp3) is 0.529. The van der Waals surface area contributed by atoms with Crippen LogP contribution in [-0.2, 0) is 4.79 Å². The Balaban J connectivity index is 1.45. The third-order valence-corrected chi connectivity index (χ3v) is 6.44. The first-order chi connectivity index (χ1) is 13.0. The maximum Gasteiger partial charge on any atom is 0.341 e. The third-order valence-electron chi connectivity index (χ3n) is 5.37.